The molecule has 0 unspecified atom stereocenters. The Kier molecular flexibility index (Phi) is 5.63. The van der Waals surface area contributed by atoms with Gasteiger partial charge >= 0.3 is 0 Å². The number of carbonyl (C=O) groups is 1. The highest BCUT2D eigenvalue weighted by Crippen LogP contribution is 2.30. The van der Waals surface area contributed by atoms with Crippen molar-refractivity contribution in [1.29, 1.82) is 0 Å². The predicted molar refractivity (Wildman–Crippen MR) is 98.3 cm³/mol. The molecule has 1 heterocycles. The molecule has 0 radical (unpaired) electrons. The minimum absolute atomic E-state index is 0.123. The molecule has 0 aromatic heterocycles. The van der Waals surface area contributed by atoms with Crippen molar-refractivity contribution in [3.05, 3.63) is 53.6 Å². The van der Waals surface area contributed by atoms with Crippen LogP contribution in [0.25, 0.3) is 0 Å². The van der Waals surface area contributed by atoms with Crippen molar-refractivity contribution in [3.8, 4) is 17.2 Å². The lowest BCUT2D eigenvalue weighted by Crippen LogP contribution is -3.07. The fourth-order valence-corrected chi connectivity index (χ4v) is 2.97. The summed E-state index contributed by atoms with van der Waals surface area (Å²) in [5.74, 6) is 2.00. The number of ether oxygens (including phenoxy) is 3. The molecular weight excluding hydrogens is 332 g/mol. The van der Waals surface area contributed by atoms with Crippen LogP contribution in [0.15, 0.2) is 42.5 Å². The van der Waals surface area contributed by atoms with Gasteiger partial charge in [-0.15, -0.1) is 0 Å². The van der Waals surface area contributed by atoms with E-state index in [0.29, 0.717) is 36.8 Å². The SMILES string of the molecule is COc1ccc([C@H](CNC(=O)c2ccc3c(c2)OCCO3)[NH+](C)C)cc1. The van der Waals surface area contributed by atoms with Gasteiger partial charge in [0.15, 0.2) is 11.5 Å². The summed E-state index contributed by atoms with van der Waals surface area (Å²) in [4.78, 5) is 13.8. The van der Waals surface area contributed by atoms with E-state index in [1.165, 1.54) is 4.90 Å². The third kappa shape index (κ3) is 4.08. The summed E-state index contributed by atoms with van der Waals surface area (Å²) in [5, 5.41) is 3.03. The standard InChI is InChI=1S/C20H24N2O4/c1-22(2)17(14-4-7-16(24-3)8-5-14)13-21-20(23)15-6-9-18-19(12-15)26-11-10-25-18/h4-9,12,17H,10-11,13H2,1-3H3,(H,21,23)/p+1/t17-/m0/s1. The van der Waals surface area contributed by atoms with Crippen LogP contribution in [0.1, 0.15) is 22.0 Å². The summed E-state index contributed by atoms with van der Waals surface area (Å²) in [5.41, 5.74) is 1.71. The molecule has 138 valence electrons. The van der Waals surface area contributed by atoms with E-state index in [2.05, 4.69) is 19.4 Å². The molecule has 2 aromatic rings. The number of nitrogens with one attached hydrogen (secondary N) is 2. The largest absolute Gasteiger partial charge is 0.497 e. The summed E-state index contributed by atoms with van der Waals surface area (Å²) < 4.78 is 16.3. The third-order valence-corrected chi connectivity index (χ3v) is 4.49. The number of benzene rings is 2. The molecule has 2 aromatic carbocycles. The van der Waals surface area contributed by atoms with Crippen molar-refractivity contribution >= 4 is 5.91 Å². The Labute approximate surface area is 153 Å². The van der Waals surface area contributed by atoms with Gasteiger partial charge in [0.05, 0.1) is 27.7 Å². The van der Waals surface area contributed by atoms with Gasteiger partial charge in [0, 0.05) is 11.1 Å². The molecule has 0 spiro atoms. The summed E-state index contributed by atoms with van der Waals surface area (Å²) in [7, 11) is 5.80. The maximum atomic E-state index is 12.6. The Balaban J connectivity index is 1.67. The van der Waals surface area contributed by atoms with Crippen LogP contribution in [0.2, 0.25) is 0 Å². The first-order valence-corrected chi connectivity index (χ1v) is 8.70. The molecule has 0 saturated carbocycles. The fourth-order valence-electron chi connectivity index (χ4n) is 2.97. The smallest absolute Gasteiger partial charge is 0.251 e. The van der Waals surface area contributed by atoms with Crippen molar-refractivity contribution in [2.45, 2.75) is 6.04 Å². The van der Waals surface area contributed by atoms with Crippen LogP contribution in [0, 0.1) is 0 Å². The van der Waals surface area contributed by atoms with Crippen LogP contribution in [0.3, 0.4) is 0 Å². The lowest BCUT2D eigenvalue weighted by molar-refractivity contribution is -0.890. The van der Waals surface area contributed by atoms with Crippen LogP contribution in [0.5, 0.6) is 17.2 Å². The van der Waals surface area contributed by atoms with Crippen molar-refractivity contribution < 1.29 is 23.9 Å². The van der Waals surface area contributed by atoms with Gasteiger partial charge in [-0.2, -0.15) is 0 Å². The van der Waals surface area contributed by atoms with Crippen LogP contribution in [-0.4, -0.2) is 46.9 Å². The van der Waals surface area contributed by atoms with Gasteiger partial charge < -0.3 is 24.4 Å². The van der Waals surface area contributed by atoms with Gasteiger partial charge in [0.25, 0.3) is 5.91 Å². The van der Waals surface area contributed by atoms with Crippen LogP contribution >= 0.6 is 0 Å². The van der Waals surface area contributed by atoms with Crippen molar-refractivity contribution in [3.63, 3.8) is 0 Å². The van der Waals surface area contributed by atoms with Gasteiger partial charge in [-0.25, -0.2) is 0 Å². The zero-order chi connectivity index (χ0) is 18.5. The lowest BCUT2D eigenvalue weighted by Gasteiger charge is -2.23. The number of carbonyl (C=O) groups excluding carboxylic acids is 1. The van der Waals surface area contributed by atoms with Gasteiger partial charge in [-0.3, -0.25) is 4.79 Å². The van der Waals surface area contributed by atoms with Gasteiger partial charge in [-0.1, -0.05) is 0 Å². The Morgan fingerprint density at radius 3 is 2.46 bits per heavy atom. The zero-order valence-corrected chi connectivity index (χ0v) is 15.4. The number of quaternary nitrogens is 1. The molecule has 3 rings (SSSR count). The highest BCUT2D eigenvalue weighted by Gasteiger charge is 2.20. The molecule has 0 fully saturated rings. The first-order chi connectivity index (χ1) is 12.6. The molecule has 0 aliphatic carbocycles. The average Bonchev–Trinajstić information content (AvgIpc) is 2.67. The van der Waals surface area contributed by atoms with E-state index in [-0.39, 0.29) is 11.9 Å². The first kappa shape index (κ1) is 18.1. The minimum Gasteiger partial charge on any atom is -0.497 e. The molecule has 1 aliphatic rings. The van der Waals surface area contributed by atoms with E-state index in [1.807, 2.05) is 24.3 Å². The molecule has 1 atom stereocenters. The Bertz CT molecular complexity index is 759. The topological polar surface area (TPSA) is 61.2 Å². The molecule has 1 aliphatic heterocycles. The van der Waals surface area contributed by atoms with Crippen LogP contribution in [-0.2, 0) is 0 Å². The highest BCUT2D eigenvalue weighted by atomic mass is 16.6. The van der Waals surface area contributed by atoms with Crippen molar-refractivity contribution in [1.82, 2.24) is 5.32 Å². The lowest BCUT2D eigenvalue weighted by atomic mass is 10.1. The minimum atomic E-state index is -0.123. The van der Waals surface area contributed by atoms with Crippen LogP contribution in [0.4, 0.5) is 0 Å². The summed E-state index contributed by atoms with van der Waals surface area (Å²) >= 11 is 0. The average molecular weight is 357 g/mol. The molecule has 6 nitrogen and oxygen atoms in total. The van der Waals surface area contributed by atoms with Gasteiger partial charge in [0.2, 0.25) is 0 Å². The quantitative estimate of drug-likeness (QED) is 0.812. The number of rotatable bonds is 6. The second kappa shape index (κ2) is 8.10. The maximum Gasteiger partial charge on any atom is 0.251 e. The molecular formula is C20H25N2O4+. The monoisotopic (exact) mass is 357 g/mol. The predicted octanol–water partition coefficient (Wildman–Crippen LogP) is 1.08. The number of likely N-dealkylation sites (N-methyl/N-ethyl adjacent to an activating group) is 1. The van der Waals surface area contributed by atoms with Crippen molar-refractivity contribution in [2.75, 3.05) is 41.0 Å². The van der Waals surface area contributed by atoms with E-state index < -0.39 is 0 Å². The summed E-state index contributed by atoms with van der Waals surface area (Å²) in [6.45, 7) is 1.57. The van der Waals surface area contributed by atoms with E-state index in [0.717, 1.165) is 11.3 Å². The zero-order valence-electron chi connectivity index (χ0n) is 15.4. The molecule has 0 saturated heterocycles. The fraction of sp³-hybridized carbons (Fsp3) is 0.350. The second-order valence-corrected chi connectivity index (χ2v) is 6.47. The van der Waals surface area contributed by atoms with Crippen LogP contribution < -0.4 is 24.4 Å². The Morgan fingerprint density at radius 2 is 1.81 bits per heavy atom. The third-order valence-electron chi connectivity index (χ3n) is 4.49. The Hall–Kier alpha value is -2.73. The van der Waals surface area contributed by atoms with E-state index in [4.69, 9.17) is 14.2 Å². The number of hydrogen-bond acceptors (Lipinski definition) is 4. The van der Waals surface area contributed by atoms with E-state index in [9.17, 15) is 4.79 Å². The molecule has 2 N–H and O–H groups in total. The summed E-state index contributed by atoms with van der Waals surface area (Å²) in [6, 6.07) is 13.4. The van der Waals surface area contributed by atoms with Gasteiger partial charge in [0.1, 0.15) is 25.0 Å². The molecule has 6 heteroatoms. The highest BCUT2D eigenvalue weighted by molar-refractivity contribution is 5.94. The normalized spacial score (nSPS) is 14.0. The number of hydrogen-bond donors (Lipinski definition) is 2. The second-order valence-electron chi connectivity index (χ2n) is 6.47. The molecule has 26 heavy (non-hydrogen) atoms. The summed E-state index contributed by atoms with van der Waals surface area (Å²) in [6.07, 6.45) is 0. The number of fused-ring (bicyclic) bond motifs is 1. The maximum absolute atomic E-state index is 12.6. The van der Waals surface area contributed by atoms with Gasteiger partial charge in [-0.05, 0) is 42.5 Å². The Morgan fingerprint density at radius 1 is 1.12 bits per heavy atom. The van der Waals surface area contributed by atoms with E-state index in [1.54, 1.807) is 25.3 Å². The van der Waals surface area contributed by atoms with E-state index >= 15 is 0 Å². The molecule has 1 amide bonds. The first-order valence-electron chi connectivity index (χ1n) is 8.70. The number of methoxy groups -OCH3 is 1. The molecule has 0 bridgehead atoms. The number of amides is 1. The van der Waals surface area contributed by atoms with Crippen molar-refractivity contribution in [2.24, 2.45) is 0 Å².